The number of rotatable bonds is 22. The number of fused-ring (bicyclic) bond motifs is 1. The van der Waals surface area contributed by atoms with Crippen molar-refractivity contribution in [3.8, 4) is 0 Å². The highest BCUT2D eigenvalue weighted by atomic mass is 16.6. The molecule has 1 aliphatic rings. The Morgan fingerprint density at radius 2 is 1.56 bits per heavy atom. The molecule has 0 aliphatic carbocycles. The summed E-state index contributed by atoms with van der Waals surface area (Å²) in [4.78, 5) is 61.0. The van der Waals surface area contributed by atoms with Crippen molar-refractivity contribution in [1.29, 1.82) is 0 Å². The number of piperidine rings is 1. The van der Waals surface area contributed by atoms with Gasteiger partial charge in [-0.25, -0.2) is 9.59 Å². The quantitative estimate of drug-likeness (QED) is 0.0960. The van der Waals surface area contributed by atoms with Gasteiger partial charge in [0.15, 0.2) is 0 Å². The molecule has 2 heterocycles. The number of unbranched alkanes of at least 4 members (excludes halogenated alkanes) is 1. The maximum atomic E-state index is 13.1. The van der Waals surface area contributed by atoms with Gasteiger partial charge in [-0.15, -0.1) is 0 Å². The highest BCUT2D eigenvalue weighted by Gasteiger charge is 2.31. The molecule has 4 amide bonds. The molecule has 0 spiro atoms. The van der Waals surface area contributed by atoms with Crippen LogP contribution in [0.15, 0.2) is 47.3 Å². The molecule has 14 nitrogen and oxygen atoms in total. The standard InChI is InChI=1S/C41H59N5O9/c1-28(32(19-21-35(42)47)43-39(50)55-41(2,3)4)54-27-30-17-15-29(16-18-30)11-9-25-52-23-6-7-24-53-26-10-13-31-12-8-14-33-37(31)45(5)40(51)46(33)34-20-22-36(48)44-38(34)49/h8,12,14-18,28,32,34H,6-7,9-11,13,19-27H2,1-5H3,(H2,42,47)(H,43,50)(H,44,48,49)/t28-,32+,34?/m1/s1. The number of imidazole rings is 1. The first-order valence-electron chi connectivity index (χ1n) is 19.4. The molecule has 4 rings (SSSR count). The van der Waals surface area contributed by atoms with Crippen LogP contribution in [0.5, 0.6) is 0 Å². The minimum atomic E-state index is -0.696. The van der Waals surface area contributed by atoms with E-state index in [1.807, 2.05) is 37.3 Å². The molecule has 0 radical (unpaired) electrons. The Bertz CT molecular complexity index is 1790. The Hall–Kier alpha value is -4.53. The van der Waals surface area contributed by atoms with E-state index >= 15 is 0 Å². The van der Waals surface area contributed by atoms with Gasteiger partial charge in [-0.2, -0.15) is 0 Å². The Kier molecular flexibility index (Phi) is 16.5. The molecule has 1 fully saturated rings. The predicted molar refractivity (Wildman–Crippen MR) is 208 cm³/mol. The van der Waals surface area contributed by atoms with Crippen LogP contribution in [0.3, 0.4) is 0 Å². The molecule has 55 heavy (non-hydrogen) atoms. The number of amides is 4. The molecule has 3 atom stereocenters. The number of nitrogens with one attached hydrogen (secondary N) is 2. The zero-order valence-corrected chi connectivity index (χ0v) is 33.0. The number of hydrogen-bond donors (Lipinski definition) is 3. The first-order chi connectivity index (χ1) is 26.2. The molecule has 1 aliphatic heterocycles. The first-order valence-corrected chi connectivity index (χ1v) is 19.4. The van der Waals surface area contributed by atoms with Gasteiger partial charge in [-0.1, -0.05) is 36.4 Å². The molecule has 2 aromatic carbocycles. The van der Waals surface area contributed by atoms with Crippen molar-refractivity contribution in [1.82, 2.24) is 19.8 Å². The van der Waals surface area contributed by atoms with Gasteiger partial charge in [0.2, 0.25) is 17.7 Å². The summed E-state index contributed by atoms with van der Waals surface area (Å²) in [5.41, 5.74) is 9.18. The highest BCUT2D eigenvalue weighted by molar-refractivity contribution is 6.00. The van der Waals surface area contributed by atoms with Gasteiger partial charge in [0.1, 0.15) is 11.6 Å². The smallest absolute Gasteiger partial charge is 0.407 e. The maximum Gasteiger partial charge on any atom is 0.407 e. The monoisotopic (exact) mass is 765 g/mol. The molecule has 1 saturated heterocycles. The van der Waals surface area contributed by atoms with Crippen LogP contribution in [0.4, 0.5) is 4.79 Å². The fraction of sp³-hybridized carbons (Fsp3) is 0.585. The Morgan fingerprint density at radius 1 is 0.927 bits per heavy atom. The van der Waals surface area contributed by atoms with Gasteiger partial charge in [0.25, 0.3) is 0 Å². The lowest BCUT2D eigenvalue weighted by Gasteiger charge is -2.27. The zero-order chi connectivity index (χ0) is 40.0. The average molecular weight is 766 g/mol. The number of ether oxygens (including phenoxy) is 4. The van der Waals surface area contributed by atoms with E-state index in [2.05, 4.69) is 22.8 Å². The number of aromatic nitrogens is 2. The summed E-state index contributed by atoms with van der Waals surface area (Å²) in [6.45, 7) is 10.2. The number of primary amides is 1. The lowest BCUT2D eigenvalue weighted by molar-refractivity contribution is -0.135. The van der Waals surface area contributed by atoms with Crippen LogP contribution in [0.2, 0.25) is 0 Å². The summed E-state index contributed by atoms with van der Waals surface area (Å²) >= 11 is 0. The lowest BCUT2D eigenvalue weighted by atomic mass is 10.0. The van der Waals surface area contributed by atoms with Gasteiger partial charge < -0.3 is 30.0 Å². The van der Waals surface area contributed by atoms with Crippen molar-refractivity contribution in [3.05, 3.63) is 69.6 Å². The molecular formula is C41H59N5O9. The number of nitrogens with two attached hydrogens (primary N) is 1. The number of benzene rings is 2. The van der Waals surface area contributed by atoms with Crippen LogP contribution in [0.1, 0.15) is 102 Å². The van der Waals surface area contributed by atoms with Gasteiger partial charge in [-0.05, 0) is 102 Å². The summed E-state index contributed by atoms with van der Waals surface area (Å²) in [5, 5.41) is 5.17. The third kappa shape index (κ3) is 13.6. The molecule has 0 bridgehead atoms. The van der Waals surface area contributed by atoms with E-state index in [1.165, 1.54) is 10.1 Å². The number of para-hydroxylation sites is 1. The summed E-state index contributed by atoms with van der Waals surface area (Å²) in [6, 6.07) is 12.9. The molecule has 0 saturated carbocycles. The second kappa shape index (κ2) is 21.0. The average Bonchev–Trinajstić information content (AvgIpc) is 3.38. The largest absolute Gasteiger partial charge is 0.444 e. The van der Waals surface area contributed by atoms with Crippen molar-refractivity contribution in [3.63, 3.8) is 0 Å². The molecule has 14 heteroatoms. The number of carbonyl (C=O) groups is 4. The molecular weight excluding hydrogens is 706 g/mol. The predicted octanol–water partition coefficient (Wildman–Crippen LogP) is 4.76. The SMILES string of the molecule is C[C@@H](OCc1ccc(CCCOCCCCOCCCc2cccc3c2n(C)c(=O)n3C2CCC(=O)NC2=O)cc1)[C@H](CCC(N)=O)NC(=O)OC(C)(C)C. The maximum absolute atomic E-state index is 13.1. The Balaban J connectivity index is 1.07. The summed E-state index contributed by atoms with van der Waals surface area (Å²) < 4.78 is 26.2. The fourth-order valence-electron chi connectivity index (χ4n) is 6.63. The lowest BCUT2D eigenvalue weighted by Crippen LogP contribution is -2.45. The van der Waals surface area contributed by atoms with Crippen LogP contribution in [-0.2, 0) is 59.8 Å². The van der Waals surface area contributed by atoms with E-state index in [1.54, 1.807) is 32.4 Å². The van der Waals surface area contributed by atoms with Crippen molar-refractivity contribution in [2.45, 2.75) is 122 Å². The van der Waals surface area contributed by atoms with E-state index in [0.29, 0.717) is 51.4 Å². The van der Waals surface area contributed by atoms with Crippen LogP contribution in [0, 0.1) is 0 Å². The van der Waals surface area contributed by atoms with Gasteiger partial charge in [0, 0.05) is 46.3 Å². The first kappa shape index (κ1) is 43.2. The molecule has 1 aromatic heterocycles. The van der Waals surface area contributed by atoms with Crippen LogP contribution >= 0.6 is 0 Å². The van der Waals surface area contributed by atoms with E-state index in [9.17, 15) is 24.0 Å². The summed E-state index contributed by atoms with van der Waals surface area (Å²) in [5.74, 6) is -1.18. The Labute approximate surface area is 323 Å². The third-order valence-electron chi connectivity index (χ3n) is 9.53. The number of carbonyl (C=O) groups excluding carboxylic acids is 4. The minimum Gasteiger partial charge on any atom is -0.444 e. The molecule has 1 unspecified atom stereocenters. The van der Waals surface area contributed by atoms with E-state index in [0.717, 1.165) is 55.2 Å². The van der Waals surface area contributed by atoms with Crippen LogP contribution in [0.25, 0.3) is 11.0 Å². The number of nitrogens with zero attached hydrogens (tertiary/aromatic N) is 2. The van der Waals surface area contributed by atoms with E-state index < -0.39 is 35.6 Å². The van der Waals surface area contributed by atoms with Crippen molar-refractivity contribution >= 4 is 34.8 Å². The van der Waals surface area contributed by atoms with Crippen LogP contribution in [-0.4, -0.2) is 77.1 Å². The normalized spacial score (nSPS) is 15.8. The fourth-order valence-corrected chi connectivity index (χ4v) is 6.63. The number of hydrogen-bond acceptors (Lipinski definition) is 9. The topological polar surface area (TPSA) is 182 Å². The van der Waals surface area contributed by atoms with Gasteiger partial charge in [0.05, 0.1) is 29.8 Å². The second-order valence-corrected chi connectivity index (χ2v) is 15.2. The van der Waals surface area contributed by atoms with Crippen molar-refractivity contribution in [2.75, 3.05) is 26.4 Å². The third-order valence-corrected chi connectivity index (χ3v) is 9.53. The van der Waals surface area contributed by atoms with Crippen molar-refractivity contribution in [2.24, 2.45) is 12.8 Å². The van der Waals surface area contributed by atoms with E-state index in [4.69, 9.17) is 24.7 Å². The number of alkyl carbamates (subject to hydrolysis) is 1. The second-order valence-electron chi connectivity index (χ2n) is 15.2. The van der Waals surface area contributed by atoms with Crippen LogP contribution < -0.4 is 22.1 Å². The van der Waals surface area contributed by atoms with Crippen molar-refractivity contribution < 1.29 is 38.1 Å². The number of aryl methyl sites for hydroxylation is 3. The summed E-state index contributed by atoms with van der Waals surface area (Å²) in [7, 11) is 1.72. The molecule has 3 aromatic rings. The Morgan fingerprint density at radius 3 is 2.20 bits per heavy atom. The molecule has 302 valence electrons. The number of imide groups is 1. The molecule has 4 N–H and O–H groups in total. The van der Waals surface area contributed by atoms with E-state index in [-0.39, 0.29) is 30.5 Å². The van der Waals surface area contributed by atoms with Gasteiger partial charge in [-0.3, -0.25) is 28.8 Å². The minimum absolute atomic E-state index is 0.127. The van der Waals surface area contributed by atoms with Gasteiger partial charge >= 0.3 is 11.8 Å². The highest BCUT2D eigenvalue weighted by Crippen LogP contribution is 2.25. The summed E-state index contributed by atoms with van der Waals surface area (Å²) in [6.07, 6.45) is 5.24. The zero-order valence-electron chi connectivity index (χ0n) is 33.0.